The van der Waals surface area contributed by atoms with Crippen LogP contribution in [0.4, 0.5) is 0 Å². The normalized spacial score (nSPS) is 12.0. The minimum absolute atomic E-state index is 0.0322. The second-order valence-electron chi connectivity index (χ2n) is 13.9. The van der Waals surface area contributed by atoms with E-state index in [-0.39, 0.29) is 5.97 Å². The summed E-state index contributed by atoms with van der Waals surface area (Å²) in [5, 5.41) is 1.96. The molecule has 0 aliphatic carbocycles. The summed E-state index contributed by atoms with van der Waals surface area (Å²) in [5.41, 5.74) is 0. The van der Waals surface area contributed by atoms with Crippen LogP contribution in [-0.4, -0.2) is 54.5 Å². The van der Waals surface area contributed by atoms with E-state index in [2.05, 4.69) is 50.0 Å². The van der Waals surface area contributed by atoms with Gasteiger partial charge in [0.25, 0.3) is 0 Å². The molecule has 0 atom stereocenters. The first-order valence-corrected chi connectivity index (χ1v) is 21.2. The molecule has 0 heterocycles. The average molecular weight is 682 g/mol. The zero-order valence-electron chi connectivity index (χ0n) is 31.9. The van der Waals surface area contributed by atoms with Gasteiger partial charge in [0.2, 0.25) is 0 Å². The standard InChI is InChI=1S/C42H81ClN2O2/c1-4-7-10-13-14-15-16-17-18-19-20-21-22-25-28-31-37-44(41-36-43)38-32-29-26-23-24-27-30-35-42(46)47-45(39-33-11-8-5-2)40-34-12-9-6-3/h14-15,17-18H,4-13,16,19-41H2,1-3H3/b15-14-,18-17-. The van der Waals surface area contributed by atoms with Crippen LogP contribution >= 0.6 is 11.6 Å². The van der Waals surface area contributed by atoms with Gasteiger partial charge < -0.3 is 9.74 Å². The molecule has 0 bridgehead atoms. The van der Waals surface area contributed by atoms with Gasteiger partial charge in [-0.2, -0.15) is 0 Å². The summed E-state index contributed by atoms with van der Waals surface area (Å²) in [6.07, 6.45) is 43.8. The summed E-state index contributed by atoms with van der Waals surface area (Å²) < 4.78 is 0. The second-order valence-corrected chi connectivity index (χ2v) is 14.2. The Morgan fingerprint density at radius 1 is 0.489 bits per heavy atom. The van der Waals surface area contributed by atoms with Gasteiger partial charge in [-0.3, -0.25) is 4.79 Å². The van der Waals surface area contributed by atoms with Gasteiger partial charge in [0.05, 0.1) is 0 Å². The fourth-order valence-corrected chi connectivity index (χ4v) is 6.33. The highest BCUT2D eigenvalue weighted by atomic mass is 35.5. The van der Waals surface area contributed by atoms with E-state index in [1.54, 1.807) is 0 Å². The maximum absolute atomic E-state index is 12.5. The van der Waals surface area contributed by atoms with Gasteiger partial charge in [-0.25, -0.2) is 0 Å². The van der Waals surface area contributed by atoms with Crippen molar-refractivity contribution in [3.63, 3.8) is 0 Å². The van der Waals surface area contributed by atoms with Gasteiger partial charge >= 0.3 is 5.97 Å². The molecule has 0 radical (unpaired) electrons. The molecule has 0 saturated carbocycles. The van der Waals surface area contributed by atoms with Crippen LogP contribution in [0.15, 0.2) is 24.3 Å². The Morgan fingerprint density at radius 3 is 1.40 bits per heavy atom. The van der Waals surface area contributed by atoms with Crippen molar-refractivity contribution in [1.82, 2.24) is 9.96 Å². The van der Waals surface area contributed by atoms with Crippen molar-refractivity contribution < 1.29 is 9.63 Å². The Morgan fingerprint density at radius 2 is 0.894 bits per heavy atom. The first kappa shape index (κ1) is 46.2. The van der Waals surface area contributed by atoms with Crippen molar-refractivity contribution in [2.75, 3.05) is 38.6 Å². The number of halogens is 1. The lowest BCUT2D eigenvalue weighted by Gasteiger charge is -2.21. The predicted molar refractivity (Wildman–Crippen MR) is 209 cm³/mol. The van der Waals surface area contributed by atoms with Crippen LogP contribution in [0.3, 0.4) is 0 Å². The highest BCUT2D eigenvalue weighted by molar-refractivity contribution is 6.18. The molecule has 4 nitrogen and oxygen atoms in total. The number of allylic oxidation sites excluding steroid dienone is 4. The van der Waals surface area contributed by atoms with E-state index >= 15 is 0 Å². The van der Waals surface area contributed by atoms with E-state index in [4.69, 9.17) is 16.4 Å². The SMILES string of the molecule is CCCCC/C=C\C/C=C\CCCCCCCCN(CCCl)CCCCCCCCCC(=O)ON(CCCCCC)CCCCCC. The lowest BCUT2D eigenvalue weighted by atomic mass is 10.1. The largest absolute Gasteiger partial charge is 0.368 e. The number of hydroxylamine groups is 2. The van der Waals surface area contributed by atoms with Crippen molar-refractivity contribution in [3.8, 4) is 0 Å². The van der Waals surface area contributed by atoms with E-state index in [0.717, 1.165) is 57.6 Å². The van der Waals surface area contributed by atoms with Gasteiger partial charge in [-0.1, -0.05) is 154 Å². The number of carbonyl (C=O) groups is 1. The molecule has 0 aliphatic rings. The molecule has 278 valence electrons. The smallest absolute Gasteiger partial charge is 0.325 e. The molecule has 0 rings (SSSR count). The third kappa shape index (κ3) is 36.3. The number of hydrogen-bond acceptors (Lipinski definition) is 4. The number of carbonyl (C=O) groups excluding carboxylic acids is 1. The van der Waals surface area contributed by atoms with Crippen LogP contribution in [0.1, 0.15) is 201 Å². The Bertz CT molecular complexity index is 672. The molecule has 0 N–H and O–H groups in total. The van der Waals surface area contributed by atoms with Crippen LogP contribution in [0.2, 0.25) is 0 Å². The van der Waals surface area contributed by atoms with Crippen molar-refractivity contribution in [1.29, 1.82) is 0 Å². The number of unbranched alkanes of at least 4 members (excludes halogenated alkanes) is 21. The molecule has 0 fully saturated rings. The highest BCUT2D eigenvalue weighted by Crippen LogP contribution is 2.13. The first-order valence-electron chi connectivity index (χ1n) is 20.7. The number of hydrogen-bond donors (Lipinski definition) is 0. The van der Waals surface area contributed by atoms with Crippen molar-refractivity contribution in [2.24, 2.45) is 0 Å². The topological polar surface area (TPSA) is 32.8 Å². The molecule has 0 spiro atoms. The Kier molecular flexibility index (Phi) is 38.9. The van der Waals surface area contributed by atoms with Crippen molar-refractivity contribution in [3.05, 3.63) is 24.3 Å². The molecular formula is C42H81ClN2O2. The van der Waals surface area contributed by atoms with E-state index in [9.17, 15) is 4.79 Å². The molecular weight excluding hydrogens is 600 g/mol. The van der Waals surface area contributed by atoms with Gasteiger partial charge in [0.15, 0.2) is 0 Å². The van der Waals surface area contributed by atoms with Crippen molar-refractivity contribution in [2.45, 2.75) is 201 Å². The molecule has 5 heteroatoms. The third-order valence-electron chi connectivity index (χ3n) is 9.18. The fraction of sp³-hybridized carbons (Fsp3) is 0.881. The van der Waals surface area contributed by atoms with Gasteiger partial charge in [-0.05, 0) is 77.3 Å². The fourth-order valence-electron chi connectivity index (χ4n) is 6.09. The Hall–Kier alpha value is -0.840. The first-order chi connectivity index (χ1) is 23.2. The van der Waals surface area contributed by atoms with Gasteiger partial charge in [-0.15, -0.1) is 16.7 Å². The second kappa shape index (κ2) is 39.6. The summed E-state index contributed by atoms with van der Waals surface area (Å²) in [6, 6.07) is 0. The molecule has 0 saturated heterocycles. The molecule has 0 amide bonds. The average Bonchev–Trinajstić information content (AvgIpc) is 3.07. The summed E-state index contributed by atoms with van der Waals surface area (Å²) in [7, 11) is 0. The summed E-state index contributed by atoms with van der Waals surface area (Å²) in [5.74, 6) is 0.704. The van der Waals surface area contributed by atoms with E-state index in [1.165, 1.54) is 154 Å². The van der Waals surface area contributed by atoms with Crippen LogP contribution in [-0.2, 0) is 9.63 Å². The molecule has 0 unspecified atom stereocenters. The highest BCUT2D eigenvalue weighted by Gasteiger charge is 2.11. The van der Waals surface area contributed by atoms with E-state index in [1.807, 2.05) is 5.06 Å². The maximum Gasteiger partial charge on any atom is 0.325 e. The lowest BCUT2D eigenvalue weighted by molar-refractivity contribution is -0.191. The molecule has 0 aliphatic heterocycles. The van der Waals surface area contributed by atoms with E-state index in [0.29, 0.717) is 6.42 Å². The predicted octanol–water partition coefficient (Wildman–Crippen LogP) is 13.4. The Labute approximate surface area is 299 Å². The van der Waals surface area contributed by atoms with Gasteiger partial charge in [0.1, 0.15) is 0 Å². The number of rotatable bonds is 38. The molecule has 0 aromatic rings. The minimum Gasteiger partial charge on any atom is -0.368 e. The van der Waals surface area contributed by atoms with Crippen LogP contribution < -0.4 is 0 Å². The van der Waals surface area contributed by atoms with Crippen molar-refractivity contribution >= 4 is 17.6 Å². The summed E-state index contributed by atoms with van der Waals surface area (Å²) in [4.78, 5) is 20.8. The Balaban J connectivity index is 3.77. The van der Waals surface area contributed by atoms with E-state index < -0.39 is 0 Å². The summed E-state index contributed by atoms with van der Waals surface area (Å²) in [6.45, 7) is 11.9. The molecule has 0 aromatic heterocycles. The zero-order chi connectivity index (χ0) is 34.3. The zero-order valence-corrected chi connectivity index (χ0v) is 32.7. The van der Waals surface area contributed by atoms with Crippen LogP contribution in [0, 0.1) is 0 Å². The third-order valence-corrected chi connectivity index (χ3v) is 9.35. The summed E-state index contributed by atoms with van der Waals surface area (Å²) >= 11 is 6.12. The lowest BCUT2D eigenvalue weighted by Crippen LogP contribution is -2.29. The molecule has 47 heavy (non-hydrogen) atoms. The van der Waals surface area contributed by atoms with Crippen LogP contribution in [0.25, 0.3) is 0 Å². The maximum atomic E-state index is 12.5. The number of nitrogens with zero attached hydrogens (tertiary/aromatic N) is 2. The molecule has 0 aromatic carbocycles. The number of alkyl halides is 1. The monoisotopic (exact) mass is 681 g/mol. The van der Waals surface area contributed by atoms with Crippen LogP contribution in [0.5, 0.6) is 0 Å². The quantitative estimate of drug-likeness (QED) is 0.0281. The van der Waals surface area contributed by atoms with Gasteiger partial charge in [0, 0.05) is 31.9 Å². The minimum atomic E-state index is -0.0322.